The molecule has 108 valence electrons. The molecule has 5 nitrogen and oxygen atoms in total. The zero-order valence-electron chi connectivity index (χ0n) is 12.0. The number of H-pyrrole nitrogens is 1. The predicted octanol–water partition coefficient (Wildman–Crippen LogP) is 1.82. The summed E-state index contributed by atoms with van der Waals surface area (Å²) in [6.45, 7) is 3.30. The van der Waals surface area contributed by atoms with Crippen LogP contribution in [0, 0.1) is 5.92 Å². The summed E-state index contributed by atoms with van der Waals surface area (Å²) in [5, 5.41) is 5.63. The fourth-order valence-corrected chi connectivity index (χ4v) is 4.12. The van der Waals surface area contributed by atoms with Gasteiger partial charge < -0.3 is 14.7 Å². The van der Waals surface area contributed by atoms with Crippen LogP contribution in [0.4, 0.5) is 0 Å². The van der Waals surface area contributed by atoms with Crippen molar-refractivity contribution in [2.24, 2.45) is 11.1 Å². The highest BCUT2D eigenvalue weighted by atomic mass is 16.7. The van der Waals surface area contributed by atoms with Crippen molar-refractivity contribution in [1.29, 1.82) is 0 Å². The fourth-order valence-electron chi connectivity index (χ4n) is 4.12. The van der Waals surface area contributed by atoms with Gasteiger partial charge in [0.1, 0.15) is 0 Å². The number of benzene rings is 1. The Morgan fingerprint density at radius 3 is 3.05 bits per heavy atom. The lowest BCUT2D eigenvalue weighted by atomic mass is 9.94. The van der Waals surface area contributed by atoms with Crippen molar-refractivity contribution < 1.29 is 4.84 Å². The zero-order chi connectivity index (χ0) is 14.0. The summed E-state index contributed by atoms with van der Waals surface area (Å²) in [7, 11) is 2.11. The van der Waals surface area contributed by atoms with Gasteiger partial charge in [0.2, 0.25) is 5.72 Å². The van der Waals surface area contributed by atoms with E-state index in [2.05, 4.69) is 51.3 Å². The molecule has 1 spiro atoms. The molecule has 1 aromatic carbocycles. The van der Waals surface area contributed by atoms with Crippen LogP contribution in [-0.4, -0.2) is 53.0 Å². The highest BCUT2D eigenvalue weighted by Gasteiger charge is 2.59. The minimum Gasteiger partial charge on any atom is -0.363 e. The molecule has 2 bridgehead atoms. The van der Waals surface area contributed by atoms with Crippen molar-refractivity contribution in [2.45, 2.75) is 12.1 Å². The molecule has 5 rings (SSSR count). The number of para-hydroxylation sites is 1. The number of aromatic amines is 1. The minimum absolute atomic E-state index is 0.245. The number of aromatic nitrogens is 1. The van der Waals surface area contributed by atoms with Crippen LogP contribution in [0.1, 0.15) is 12.1 Å². The van der Waals surface area contributed by atoms with E-state index in [-0.39, 0.29) is 5.72 Å². The first-order valence-electron chi connectivity index (χ1n) is 7.57. The largest absolute Gasteiger partial charge is 0.363 e. The first kappa shape index (κ1) is 11.6. The Morgan fingerprint density at radius 2 is 2.29 bits per heavy atom. The van der Waals surface area contributed by atoms with Gasteiger partial charge in [-0.1, -0.05) is 23.4 Å². The van der Waals surface area contributed by atoms with Crippen molar-refractivity contribution in [2.75, 3.05) is 26.7 Å². The molecule has 5 heteroatoms. The second kappa shape index (κ2) is 3.80. The lowest BCUT2D eigenvalue weighted by Crippen LogP contribution is -2.54. The third kappa shape index (κ3) is 1.42. The number of amidine groups is 1. The molecule has 3 atom stereocenters. The molecule has 1 aromatic heterocycles. The SMILES string of the molecule is CN1C(c2cc3ccccc3[nH]2)=NOC12CN1CCC2C1. The number of fused-ring (bicyclic) bond motifs is 4. The lowest BCUT2D eigenvalue weighted by molar-refractivity contribution is -0.119. The van der Waals surface area contributed by atoms with Gasteiger partial charge in [-0.2, -0.15) is 0 Å². The van der Waals surface area contributed by atoms with Gasteiger partial charge >= 0.3 is 0 Å². The third-order valence-corrected chi connectivity index (χ3v) is 5.31. The average molecular weight is 282 g/mol. The molecular formula is C16H18N4O. The Balaban J connectivity index is 1.53. The van der Waals surface area contributed by atoms with Crippen LogP contribution in [0.15, 0.2) is 35.5 Å². The molecular weight excluding hydrogens is 264 g/mol. The fraction of sp³-hybridized carbons (Fsp3) is 0.438. The predicted molar refractivity (Wildman–Crippen MR) is 81.0 cm³/mol. The summed E-state index contributed by atoms with van der Waals surface area (Å²) in [5.74, 6) is 1.48. The summed E-state index contributed by atoms with van der Waals surface area (Å²) in [6, 6.07) is 10.5. The highest BCUT2D eigenvalue weighted by molar-refractivity contribution is 6.02. The first-order valence-corrected chi connectivity index (χ1v) is 7.57. The molecule has 3 unspecified atom stereocenters. The van der Waals surface area contributed by atoms with E-state index in [9.17, 15) is 0 Å². The highest BCUT2D eigenvalue weighted by Crippen LogP contribution is 2.44. The summed E-state index contributed by atoms with van der Waals surface area (Å²) >= 11 is 0. The van der Waals surface area contributed by atoms with Gasteiger partial charge in [-0.05, 0) is 25.1 Å². The van der Waals surface area contributed by atoms with Gasteiger partial charge in [0, 0.05) is 30.4 Å². The van der Waals surface area contributed by atoms with E-state index in [0.717, 1.165) is 30.1 Å². The maximum atomic E-state index is 5.96. The number of rotatable bonds is 1. The first-order chi connectivity index (χ1) is 10.3. The number of oxime groups is 1. The number of piperidine rings is 1. The summed E-state index contributed by atoms with van der Waals surface area (Å²) < 4.78 is 0. The van der Waals surface area contributed by atoms with Crippen molar-refractivity contribution in [3.05, 3.63) is 36.0 Å². The Labute approximate surface area is 123 Å². The van der Waals surface area contributed by atoms with Gasteiger partial charge in [-0.3, -0.25) is 4.90 Å². The topological polar surface area (TPSA) is 43.9 Å². The molecule has 2 aromatic rings. The van der Waals surface area contributed by atoms with Crippen molar-refractivity contribution >= 4 is 16.7 Å². The molecule has 0 saturated carbocycles. The standard InChI is InChI=1S/C16H18N4O/c1-19-15(14-8-11-4-2-3-5-13(11)17-14)18-21-16(19)10-20-7-6-12(16)9-20/h2-5,8,12,17H,6-7,9-10H2,1H3. The summed E-state index contributed by atoms with van der Waals surface area (Å²) in [5.41, 5.74) is 1.93. The third-order valence-electron chi connectivity index (χ3n) is 5.31. The molecule has 0 aliphatic carbocycles. The number of likely N-dealkylation sites (N-methyl/N-ethyl adjacent to an activating group) is 1. The Hall–Kier alpha value is -2.01. The zero-order valence-corrected chi connectivity index (χ0v) is 12.0. The number of nitrogens with one attached hydrogen (secondary N) is 1. The van der Waals surface area contributed by atoms with E-state index in [0.29, 0.717) is 5.92 Å². The van der Waals surface area contributed by atoms with E-state index in [1.54, 1.807) is 0 Å². The normalized spacial score (nSPS) is 34.0. The Kier molecular flexibility index (Phi) is 2.10. The maximum absolute atomic E-state index is 5.96. The molecule has 2 saturated heterocycles. The van der Waals surface area contributed by atoms with Gasteiger partial charge in [-0.25, -0.2) is 0 Å². The van der Waals surface area contributed by atoms with Crippen LogP contribution in [0.2, 0.25) is 0 Å². The van der Waals surface area contributed by atoms with Crippen molar-refractivity contribution in [3.8, 4) is 0 Å². The van der Waals surface area contributed by atoms with Crippen LogP contribution < -0.4 is 0 Å². The number of hydrogen-bond donors (Lipinski definition) is 1. The summed E-state index contributed by atoms with van der Waals surface area (Å²) in [4.78, 5) is 14.1. The monoisotopic (exact) mass is 282 g/mol. The molecule has 1 N–H and O–H groups in total. The molecule has 2 fully saturated rings. The van der Waals surface area contributed by atoms with E-state index in [1.165, 1.54) is 18.4 Å². The smallest absolute Gasteiger partial charge is 0.228 e. The average Bonchev–Trinajstić information content (AvgIpc) is 3.24. The van der Waals surface area contributed by atoms with Gasteiger partial charge in [-0.15, -0.1) is 0 Å². The second-order valence-corrected chi connectivity index (χ2v) is 6.40. The Bertz CT molecular complexity index is 719. The van der Waals surface area contributed by atoms with Crippen LogP contribution in [0.25, 0.3) is 10.9 Å². The molecule has 3 aliphatic rings. The van der Waals surface area contributed by atoms with Crippen LogP contribution in [-0.2, 0) is 4.84 Å². The maximum Gasteiger partial charge on any atom is 0.228 e. The summed E-state index contributed by atoms with van der Waals surface area (Å²) in [6.07, 6.45) is 1.21. The Morgan fingerprint density at radius 1 is 1.38 bits per heavy atom. The number of hydrogen-bond acceptors (Lipinski definition) is 4. The van der Waals surface area contributed by atoms with E-state index in [1.807, 2.05) is 6.07 Å². The van der Waals surface area contributed by atoms with E-state index in [4.69, 9.17) is 4.84 Å². The van der Waals surface area contributed by atoms with Crippen molar-refractivity contribution in [3.63, 3.8) is 0 Å². The lowest BCUT2D eigenvalue weighted by Gasteiger charge is -2.37. The van der Waals surface area contributed by atoms with E-state index < -0.39 is 0 Å². The van der Waals surface area contributed by atoms with Crippen molar-refractivity contribution in [1.82, 2.24) is 14.8 Å². The van der Waals surface area contributed by atoms with Gasteiger partial charge in [0.15, 0.2) is 5.84 Å². The molecule has 3 aliphatic heterocycles. The van der Waals surface area contributed by atoms with E-state index >= 15 is 0 Å². The van der Waals surface area contributed by atoms with Crippen LogP contribution in [0.3, 0.4) is 0 Å². The quantitative estimate of drug-likeness (QED) is 0.867. The van der Waals surface area contributed by atoms with Gasteiger partial charge in [0.25, 0.3) is 0 Å². The van der Waals surface area contributed by atoms with Crippen LogP contribution in [0.5, 0.6) is 0 Å². The molecule has 4 heterocycles. The number of nitrogens with zero attached hydrogens (tertiary/aromatic N) is 3. The molecule has 0 radical (unpaired) electrons. The molecule has 21 heavy (non-hydrogen) atoms. The van der Waals surface area contributed by atoms with Gasteiger partial charge in [0.05, 0.1) is 12.2 Å². The minimum atomic E-state index is -0.245. The van der Waals surface area contributed by atoms with Crippen LogP contribution >= 0.6 is 0 Å². The molecule has 0 amide bonds. The second-order valence-electron chi connectivity index (χ2n) is 6.40.